The van der Waals surface area contributed by atoms with Crippen LogP contribution in [0.3, 0.4) is 0 Å². The monoisotopic (exact) mass is 303 g/mol. The number of thioether (sulfide) groups is 2. The number of nitrogens with zero attached hydrogens (tertiary/aromatic N) is 3. The van der Waals surface area contributed by atoms with Crippen LogP contribution in [0.1, 0.15) is 11.5 Å². The van der Waals surface area contributed by atoms with Crippen molar-refractivity contribution < 1.29 is 4.52 Å². The quantitative estimate of drug-likeness (QED) is 0.797. The molecule has 4 nitrogen and oxygen atoms in total. The zero-order valence-corrected chi connectivity index (χ0v) is 13.0. The second-order valence-corrected chi connectivity index (χ2v) is 5.87. The van der Waals surface area contributed by atoms with Gasteiger partial charge >= 0.3 is 0 Å². The van der Waals surface area contributed by atoms with Crippen molar-refractivity contribution in [2.45, 2.75) is 6.92 Å². The number of hydrogen-bond acceptors (Lipinski definition) is 6. The fourth-order valence-corrected chi connectivity index (χ4v) is 3.04. The van der Waals surface area contributed by atoms with Gasteiger partial charge in [-0.25, -0.2) is 0 Å². The van der Waals surface area contributed by atoms with Crippen LogP contribution in [0.25, 0.3) is 17.0 Å². The van der Waals surface area contributed by atoms with Crippen LogP contribution in [-0.4, -0.2) is 22.7 Å². The van der Waals surface area contributed by atoms with Crippen molar-refractivity contribution in [1.29, 1.82) is 5.26 Å². The minimum atomic E-state index is 0.266. The van der Waals surface area contributed by atoms with Gasteiger partial charge in [-0.05, 0) is 25.5 Å². The molecule has 0 bridgehead atoms. The summed E-state index contributed by atoms with van der Waals surface area (Å²) in [5.41, 5.74) is 2.43. The summed E-state index contributed by atoms with van der Waals surface area (Å²) in [6.45, 7) is 2.00. The predicted molar refractivity (Wildman–Crippen MR) is 84.0 cm³/mol. The van der Waals surface area contributed by atoms with Crippen molar-refractivity contribution in [2.75, 3.05) is 12.5 Å². The third kappa shape index (κ3) is 3.06. The van der Waals surface area contributed by atoms with Gasteiger partial charge in [0.1, 0.15) is 11.6 Å². The van der Waals surface area contributed by atoms with Crippen molar-refractivity contribution >= 4 is 29.1 Å². The number of hydrogen-bond donors (Lipinski definition) is 0. The zero-order valence-electron chi connectivity index (χ0n) is 11.4. The first-order valence-corrected chi connectivity index (χ1v) is 8.28. The van der Waals surface area contributed by atoms with Gasteiger partial charge < -0.3 is 4.52 Å². The van der Waals surface area contributed by atoms with Gasteiger partial charge in [-0.3, -0.25) is 0 Å². The summed E-state index contributed by atoms with van der Waals surface area (Å²) in [5.74, 6) is 0.765. The van der Waals surface area contributed by atoms with E-state index in [2.05, 4.69) is 16.2 Å². The number of allylic oxidation sites excluding steroid dienone is 1. The van der Waals surface area contributed by atoms with Crippen LogP contribution in [0.5, 0.6) is 0 Å². The van der Waals surface area contributed by atoms with E-state index in [-0.39, 0.29) is 5.89 Å². The van der Waals surface area contributed by atoms with E-state index in [4.69, 9.17) is 4.52 Å². The molecule has 102 valence electrons. The minimum Gasteiger partial charge on any atom is -0.333 e. The van der Waals surface area contributed by atoms with Crippen molar-refractivity contribution in [2.24, 2.45) is 0 Å². The van der Waals surface area contributed by atoms with E-state index in [1.54, 1.807) is 0 Å². The van der Waals surface area contributed by atoms with Crippen molar-refractivity contribution in [3.05, 3.63) is 40.0 Å². The summed E-state index contributed by atoms with van der Waals surface area (Å²) < 4.78 is 6.10. The van der Waals surface area contributed by atoms with Gasteiger partial charge in [-0.15, -0.1) is 23.5 Å². The van der Waals surface area contributed by atoms with Gasteiger partial charge in [0.25, 0.3) is 5.89 Å². The molecule has 6 heteroatoms. The van der Waals surface area contributed by atoms with E-state index in [1.807, 2.05) is 43.7 Å². The molecule has 2 rings (SSSR count). The summed E-state index contributed by atoms with van der Waals surface area (Å²) in [6, 6.07) is 9.98. The van der Waals surface area contributed by atoms with Gasteiger partial charge in [0.2, 0.25) is 5.82 Å². The average Bonchev–Trinajstić information content (AvgIpc) is 2.94. The largest absolute Gasteiger partial charge is 0.333 e. The Morgan fingerprint density at radius 1 is 1.30 bits per heavy atom. The Balaban J connectivity index is 2.43. The van der Waals surface area contributed by atoms with Crippen LogP contribution in [0.2, 0.25) is 0 Å². The Bertz CT molecular complexity index is 680. The maximum Gasteiger partial charge on any atom is 0.270 e. The minimum absolute atomic E-state index is 0.266. The van der Waals surface area contributed by atoms with Crippen molar-refractivity contribution in [3.63, 3.8) is 0 Å². The Kier molecular flexibility index (Phi) is 4.88. The Hall–Kier alpha value is -1.71. The van der Waals surface area contributed by atoms with E-state index in [9.17, 15) is 5.26 Å². The number of aromatic nitrogens is 2. The second kappa shape index (κ2) is 6.64. The molecule has 0 N–H and O–H groups in total. The van der Waals surface area contributed by atoms with E-state index in [0.29, 0.717) is 11.4 Å². The maximum absolute atomic E-state index is 9.27. The smallest absolute Gasteiger partial charge is 0.270 e. The lowest BCUT2D eigenvalue weighted by atomic mass is 10.1. The fraction of sp³-hybridized carbons (Fsp3) is 0.214. The van der Waals surface area contributed by atoms with Crippen LogP contribution < -0.4 is 0 Å². The molecule has 1 heterocycles. The summed E-state index contributed by atoms with van der Waals surface area (Å²) in [7, 11) is 0. The Morgan fingerprint density at radius 3 is 2.65 bits per heavy atom. The van der Waals surface area contributed by atoms with Crippen LogP contribution >= 0.6 is 23.5 Å². The molecule has 0 unspecified atom stereocenters. The van der Waals surface area contributed by atoms with Crippen molar-refractivity contribution in [1.82, 2.24) is 10.1 Å². The highest BCUT2D eigenvalue weighted by atomic mass is 32.2. The molecule has 2 aromatic rings. The van der Waals surface area contributed by atoms with E-state index in [1.165, 1.54) is 23.5 Å². The SMILES string of the molecule is CSC(SC)=C(C#N)c1nc(-c2cccc(C)c2)no1. The average molecular weight is 303 g/mol. The summed E-state index contributed by atoms with van der Waals surface area (Å²) in [4.78, 5) is 4.32. The molecule has 0 aliphatic heterocycles. The summed E-state index contributed by atoms with van der Waals surface area (Å²) >= 11 is 2.99. The van der Waals surface area contributed by atoms with E-state index in [0.717, 1.165) is 15.4 Å². The fourth-order valence-electron chi connectivity index (χ4n) is 1.69. The molecule has 0 atom stereocenters. The molecule has 0 spiro atoms. The highest BCUT2D eigenvalue weighted by Gasteiger charge is 2.16. The predicted octanol–water partition coefficient (Wildman–Crippen LogP) is 3.96. The molecule has 0 aliphatic carbocycles. The third-order valence-corrected chi connectivity index (χ3v) is 4.75. The van der Waals surface area contributed by atoms with Gasteiger partial charge in [-0.1, -0.05) is 28.9 Å². The Morgan fingerprint density at radius 2 is 2.05 bits per heavy atom. The normalized spacial score (nSPS) is 10.1. The molecular weight excluding hydrogens is 290 g/mol. The standard InChI is InChI=1S/C14H13N3OS2/c1-9-5-4-6-10(7-9)12-16-13(18-17-12)11(8-15)14(19-2)20-3/h4-7H,1-3H3. The first-order valence-electron chi connectivity index (χ1n) is 5.83. The maximum atomic E-state index is 9.27. The van der Waals surface area contributed by atoms with Gasteiger partial charge in [0.15, 0.2) is 0 Å². The van der Waals surface area contributed by atoms with Crippen molar-refractivity contribution in [3.8, 4) is 17.5 Å². The van der Waals surface area contributed by atoms with Crippen LogP contribution in [0.15, 0.2) is 33.0 Å². The van der Waals surface area contributed by atoms with Gasteiger partial charge in [0.05, 0.1) is 4.24 Å². The first-order chi connectivity index (χ1) is 9.69. The second-order valence-electron chi connectivity index (χ2n) is 3.98. The number of rotatable bonds is 4. The molecule has 0 radical (unpaired) electrons. The number of nitriles is 1. The lowest BCUT2D eigenvalue weighted by Crippen LogP contribution is -1.86. The van der Waals surface area contributed by atoms with Crippen LogP contribution in [0, 0.1) is 18.3 Å². The number of aryl methyl sites for hydroxylation is 1. The van der Waals surface area contributed by atoms with E-state index >= 15 is 0 Å². The lowest BCUT2D eigenvalue weighted by Gasteiger charge is -1.99. The molecule has 0 amide bonds. The molecule has 0 fully saturated rings. The molecule has 0 saturated heterocycles. The highest BCUT2D eigenvalue weighted by molar-refractivity contribution is 8.21. The topological polar surface area (TPSA) is 62.7 Å². The first kappa shape index (κ1) is 14.7. The number of benzene rings is 1. The molecule has 1 aromatic carbocycles. The van der Waals surface area contributed by atoms with E-state index < -0.39 is 0 Å². The molecule has 0 aliphatic rings. The third-order valence-electron chi connectivity index (χ3n) is 2.60. The lowest BCUT2D eigenvalue weighted by molar-refractivity contribution is 0.409. The summed E-state index contributed by atoms with van der Waals surface area (Å²) in [6.07, 6.45) is 3.84. The van der Waals surface area contributed by atoms with Crippen LogP contribution in [-0.2, 0) is 0 Å². The van der Waals surface area contributed by atoms with Gasteiger partial charge in [0, 0.05) is 5.56 Å². The Labute approximate surface area is 126 Å². The van der Waals surface area contributed by atoms with Gasteiger partial charge in [-0.2, -0.15) is 10.2 Å². The zero-order chi connectivity index (χ0) is 14.5. The van der Waals surface area contributed by atoms with Crippen LogP contribution in [0.4, 0.5) is 0 Å². The molecule has 0 saturated carbocycles. The highest BCUT2D eigenvalue weighted by Crippen LogP contribution is 2.32. The molecule has 1 aromatic heterocycles. The summed E-state index contributed by atoms with van der Waals surface area (Å²) in [5, 5.41) is 13.2. The molecule has 20 heavy (non-hydrogen) atoms. The molecular formula is C14H13N3OS2.